The summed E-state index contributed by atoms with van der Waals surface area (Å²) in [5, 5.41) is 16.1. The van der Waals surface area contributed by atoms with Gasteiger partial charge >= 0.3 is 5.88 Å². The van der Waals surface area contributed by atoms with Gasteiger partial charge in [-0.3, -0.25) is 15.1 Å². The van der Waals surface area contributed by atoms with Gasteiger partial charge in [-0.25, -0.2) is 0 Å². The third kappa shape index (κ3) is 4.62. The van der Waals surface area contributed by atoms with Gasteiger partial charge in [0.1, 0.15) is 4.92 Å². The van der Waals surface area contributed by atoms with Crippen molar-refractivity contribution in [1.29, 1.82) is 0 Å². The van der Waals surface area contributed by atoms with Crippen LogP contribution in [0.4, 0.5) is 5.88 Å². The molecule has 1 rings (SSSR count). The Morgan fingerprint density at radius 2 is 2.06 bits per heavy atom. The molecule has 0 amide bonds. The van der Waals surface area contributed by atoms with Gasteiger partial charge in [-0.15, -0.1) is 23.2 Å². The third-order valence-electron chi connectivity index (χ3n) is 1.83. The van der Waals surface area contributed by atoms with Gasteiger partial charge in [-0.2, -0.15) is 5.10 Å². The highest BCUT2D eigenvalue weighted by molar-refractivity contribution is 6.18. The molecular formula is C9H11Cl2N3O3. The smallest absolute Gasteiger partial charge is 0.400 e. The van der Waals surface area contributed by atoms with Crippen LogP contribution < -0.4 is 0 Å². The third-order valence-corrected chi connectivity index (χ3v) is 2.16. The average molecular weight is 280 g/mol. The van der Waals surface area contributed by atoms with Crippen molar-refractivity contribution in [1.82, 2.24) is 5.01 Å². The molecule has 0 aliphatic heterocycles. The minimum Gasteiger partial charge on any atom is -0.400 e. The minimum absolute atomic E-state index is 0.311. The molecule has 6 nitrogen and oxygen atoms in total. The van der Waals surface area contributed by atoms with Crippen LogP contribution in [0.1, 0.15) is 5.76 Å². The standard InChI is InChI=1S/C9H11Cl2N3O3/c10-3-5-13(6-4-11)12-7-8-1-2-9(17-8)14(15)16/h1-2,7H,3-6H2/b12-7-. The quantitative estimate of drug-likeness (QED) is 0.332. The first-order chi connectivity index (χ1) is 8.17. The number of hydrazone groups is 1. The molecular weight excluding hydrogens is 269 g/mol. The van der Waals surface area contributed by atoms with Gasteiger partial charge < -0.3 is 4.42 Å². The zero-order valence-corrected chi connectivity index (χ0v) is 10.4. The number of rotatable bonds is 7. The van der Waals surface area contributed by atoms with Crippen molar-refractivity contribution in [2.24, 2.45) is 5.10 Å². The SMILES string of the molecule is O=[N+]([O-])c1ccc(/C=N\N(CCCl)CCCl)o1. The highest BCUT2D eigenvalue weighted by Crippen LogP contribution is 2.13. The van der Waals surface area contributed by atoms with Gasteiger partial charge in [0.2, 0.25) is 0 Å². The second kappa shape index (κ2) is 7.13. The summed E-state index contributed by atoms with van der Waals surface area (Å²) >= 11 is 11.2. The molecule has 0 aromatic carbocycles. The molecule has 0 radical (unpaired) electrons. The molecule has 1 aromatic rings. The van der Waals surface area contributed by atoms with Gasteiger partial charge in [0.15, 0.2) is 5.76 Å². The van der Waals surface area contributed by atoms with E-state index in [0.717, 1.165) is 0 Å². The van der Waals surface area contributed by atoms with E-state index in [2.05, 4.69) is 5.10 Å². The lowest BCUT2D eigenvalue weighted by Gasteiger charge is -2.15. The van der Waals surface area contributed by atoms with Gasteiger partial charge in [0, 0.05) is 24.8 Å². The molecule has 0 aliphatic rings. The highest BCUT2D eigenvalue weighted by atomic mass is 35.5. The van der Waals surface area contributed by atoms with Crippen molar-refractivity contribution in [3.63, 3.8) is 0 Å². The van der Waals surface area contributed by atoms with Crippen molar-refractivity contribution in [3.8, 4) is 0 Å². The second-order valence-corrected chi connectivity index (χ2v) is 3.77. The summed E-state index contributed by atoms with van der Waals surface area (Å²) in [6.07, 6.45) is 1.39. The molecule has 0 aliphatic carbocycles. The number of furan rings is 1. The van der Waals surface area contributed by atoms with Crippen molar-refractivity contribution in [2.45, 2.75) is 0 Å². The largest absolute Gasteiger partial charge is 0.433 e. The Balaban J connectivity index is 2.63. The van der Waals surface area contributed by atoms with Crippen LogP contribution in [0.25, 0.3) is 0 Å². The zero-order valence-electron chi connectivity index (χ0n) is 8.88. The number of nitro groups is 1. The monoisotopic (exact) mass is 279 g/mol. The lowest BCUT2D eigenvalue weighted by molar-refractivity contribution is -0.402. The maximum Gasteiger partial charge on any atom is 0.433 e. The van der Waals surface area contributed by atoms with Crippen LogP contribution >= 0.6 is 23.2 Å². The molecule has 1 aromatic heterocycles. The Bertz CT molecular complexity index is 389. The van der Waals surface area contributed by atoms with Gasteiger partial charge in [-0.05, 0) is 6.07 Å². The molecule has 0 saturated carbocycles. The maximum atomic E-state index is 10.4. The maximum absolute atomic E-state index is 10.4. The number of hydrogen-bond donors (Lipinski definition) is 0. The van der Waals surface area contributed by atoms with Crippen molar-refractivity contribution < 1.29 is 9.34 Å². The topological polar surface area (TPSA) is 71.9 Å². The van der Waals surface area contributed by atoms with E-state index in [-0.39, 0.29) is 5.88 Å². The van der Waals surface area contributed by atoms with Crippen molar-refractivity contribution in [2.75, 3.05) is 24.8 Å². The average Bonchev–Trinajstić information content (AvgIpc) is 2.75. The summed E-state index contributed by atoms with van der Waals surface area (Å²) < 4.78 is 4.91. The Morgan fingerprint density at radius 3 is 2.53 bits per heavy atom. The first kappa shape index (κ1) is 13.8. The molecule has 0 bridgehead atoms. The van der Waals surface area contributed by atoms with Gasteiger partial charge in [-0.1, -0.05) is 0 Å². The normalized spacial score (nSPS) is 10.9. The number of halogens is 2. The Morgan fingerprint density at radius 1 is 1.41 bits per heavy atom. The summed E-state index contributed by atoms with van der Waals surface area (Å²) in [7, 11) is 0. The molecule has 0 fully saturated rings. The van der Waals surface area contributed by atoms with E-state index in [1.165, 1.54) is 18.3 Å². The lowest BCUT2D eigenvalue weighted by atomic mass is 10.5. The van der Waals surface area contributed by atoms with E-state index in [4.69, 9.17) is 27.6 Å². The summed E-state index contributed by atoms with van der Waals surface area (Å²) in [5.41, 5.74) is 0. The summed E-state index contributed by atoms with van der Waals surface area (Å²) in [4.78, 5) is 9.77. The molecule has 0 N–H and O–H groups in total. The Hall–Kier alpha value is -1.27. The predicted octanol–water partition coefficient (Wildman–Crippen LogP) is 2.30. The summed E-state index contributed by atoms with van der Waals surface area (Å²) in [5.74, 6) is 0.845. The number of alkyl halides is 2. The lowest BCUT2D eigenvalue weighted by Crippen LogP contribution is -2.22. The molecule has 8 heteroatoms. The van der Waals surface area contributed by atoms with Crippen LogP contribution in [0.5, 0.6) is 0 Å². The molecule has 0 spiro atoms. The Kier molecular flexibility index (Phi) is 5.79. The molecule has 17 heavy (non-hydrogen) atoms. The number of hydrogen-bond acceptors (Lipinski definition) is 5. The highest BCUT2D eigenvalue weighted by Gasteiger charge is 2.10. The number of nitrogens with zero attached hydrogens (tertiary/aromatic N) is 3. The minimum atomic E-state index is -0.605. The van der Waals surface area contributed by atoms with E-state index in [9.17, 15) is 10.1 Å². The molecule has 0 atom stereocenters. The van der Waals surface area contributed by atoms with E-state index in [1.807, 2.05) is 0 Å². The van der Waals surface area contributed by atoms with Crippen LogP contribution in [0.15, 0.2) is 21.7 Å². The van der Waals surface area contributed by atoms with Crippen molar-refractivity contribution in [3.05, 3.63) is 28.0 Å². The van der Waals surface area contributed by atoms with Crippen LogP contribution in [-0.4, -0.2) is 41.0 Å². The summed E-state index contributed by atoms with van der Waals surface area (Å²) in [6, 6.07) is 2.75. The van der Waals surface area contributed by atoms with Crippen LogP contribution in [-0.2, 0) is 0 Å². The van der Waals surface area contributed by atoms with Crippen LogP contribution in [0.2, 0.25) is 0 Å². The van der Waals surface area contributed by atoms with E-state index >= 15 is 0 Å². The second-order valence-electron chi connectivity index (χ2n) is 3.01. The van der Waals surface area contributed by atoms with Crippen molar-refractivity contribution >= 4 is 35.3 Å². The zero-order chi connectivity index (χ0) is 12.7. The fraction of sp³-hybridized carbons (Fsp3) is 0.444. The van der Waals surface area contributed by atoms with Gasteiger partial charge in [0.05, 0.1) is 12.3 Å². The summed E-state index contributed by atoms with van der Waals surface area (Å²) in [6.45, 7) is 1.10. The van der Waals surface area contributed by atoms with Crippen LogP contribution in [0.3, 0.4) is 0 Å². The first-order valence-corrected chi connectivity index (χ1v) is 5.89. The fourth-order valence-corrected chi connectivity index (χ4v) is 1.46. The molecule has 0 unspecified atom stereocenters. The molecule has 0 saturated heterocycles. The van der Waals surface area contributed by atoms with E-state index in [0.29, 0.717) is 30.6 Å². The molecule has 94 valence electrons. The predicted molar refractivity (Wildman–Crippen MR) is 66.0 cm³/mol. The first-order valence-electron chi connectivity index (χ1n) is 4.82. The fourth-order valence-electron chi connectivity index (χ4n) is 1.07. The molecule has 1 heterocycles. The van der Waals surface area contributed by atoms with E-state index < -0.39 is 4.92 Å². The van der Waals surface area contributed by atoms with Gasteiger partial charge in [0.25, 0.3) is 0 Å². The van der Waals surface area contributed by atoms with Crippen LogP contribution in [0, 0.1) is 10.1 Å². The Labute approximate surface area is 108 Å². The van der Waals surface area contributed by atoms with E-state index in [1.54, 1.807) is 5.01 Å².